The summed E-state index contributed by atoms with van der Waals surface area (Å²) in [7, 11) is 0. The summed E-state index contributed by atoms with van der Waals surface area (Å²) >= 11 is 0. The molecule has 1 amide bonds. The van der Waals surface area contributed by atoms with Crippen LogP contribution < -0.4 is 0 Å². The molecule has 2 saturated heterocycles. The van der Waals surface area contributed by atoms with Crippen molar-refractivity contribution < 1.29 is 23.5 Å². The van der Waals surface area contributed by atoms with E-state index in [1.165, 1.54) is 12.1 Å². The molecule has 7 heteroatoms. The van der Waals surface area contributed by atoms with E-state index in [1.807, 2.05) is 20.8 Å². The molecule has 136 valence electrons. The van der Waals surface area contributed by atoms with Gasteiger partial charge in [0.05, 0.1) is 31.5 Å². The van der Waals surface area contributed by atoms with Gasteiger partial charge in [-0.25, -0.2) is 9.18 Å². The number of morpholine rings is 1. The molecule has 0 saturated carbocycles. The first-order valence-electron chi connectivity index (χ1n) is 8.49. The van der Waals surface area contributed by atoms with Gasteiger partial charge in [0.1, 0.15) is 17.1 Å². The second kappa shape index (κ2) is 6.71. The van der Waals surface area contributed by atoms with Gasteiger partial charge in [0.25, 0.3) is 0 Å². The molecule has 3 heterocycles. The maximum absolute atomic E-state index is 13.0. The van der Waals surface area contributed by atoms with Gasteiger partial charge in [-0.3, -0.25) is 14.7 Å². The quantitative estimate of drug-likeness (QED) is 0.767. The van der Waals surface area contributed by atoms with Crippen LogP contribution in [0.2, 0.25) is 0 Å². The third-order valence-electron chi connectivity index (χ3n) is 4.48. The molecule has 1 aromatic heterocycles. The van der Waals surface area contributed by atoms with Gasteiger partial charge in [0, 0.05) is 5.92 Å². The van der Waals surface area contributed by atoms with Crippen LogP contribution in [0.3, 0.4) is 0 Å². The molecule has 2 aliphatic rings. The van der Waals surface area contributed by atoms with Gasteiger partial charge in [-0.15, -0.1) is 0 Å². The number of carbonyl (C=O) groups excluding carboxylic acids is 2. The second-order valence-electron chi connectivity index (χ2n) is 7.63. The first-order valence-corrected chi connectivity index (χ1v) is 8.49. The van der Waals surface area contributed by atoms with Crippen LogP contribution in [0.4, 0.5) is 9.18 Å². The lowest BCUT2D eigenvalue weighted by Gasteiger charge is -2.47. The third kappa shape index (κ3) is 3.98. The van der Waals surface area contributed by atoms with E-state index in [4.69, 9.17) is 9.47 Å². The van der Waals surface area contributed by atoms with Gasteiger partial charge in [-0.05, 0) is 45.7 Å². The van der Waals surface area contributed by atoms with E-state index in [0.717, 1.165) is 6.20 Å². The molecule has 0 spiro atoms. The Balaban J connectivity index is 1.73. The Kier molecular flexibility index (Phi) is 4.77. The Labute approximate surface area is 146 Å². The first-order chi connectivity index (χ1) is 11.7. The Bertz CT molecular complexity index is 642. The Hall–Kier alpha value is -2.02. The van der Waals surface area contributed by atoms with Gasteiger partial charge in [-0.1, -0.05) is 0 Å². The summed E-state index contributed by atoms with van der Waals surface area (Å²) in [6, 6.07) is 2.25. The summed E-state index contributed by atoms with van der Waals surface area (Å²) in [5.41, 5.74) is -0.312. The van der Waals surface area contributed by atoms with Gasteiger partial charge in [0.2, 0.25) is 0 Å². The zero-order valence-corrected chi connectivity index (χ0v) is 14.7. The number of carbonyl (C=O) groups is 2. The SMILES string of the molecule is CC(C)(C)OC(=O)N1C2COCC1CC(C(=O)c1ccc(F)cn1)C2. The lowest BCUT2D eigenvalue weighted by Crippen LogP contribution is -2.60. The molecule has 25 heavy (non-hydrogen) atoms. The number of fused-ring (bicyclic) bond motifs is 2. The zero-order chi connectivity index (χ0) is 18.2. The van der Waals surface area contributed by atoms with E-state index >= 15 is 0 Å². The van der Waals surface area contributed by atoms with Crippen molar-refractivity contribution in [2.75, 3.05) is 13.2 Å². The highest BCUT2D eigenvalue weighted by atomic mass is 19.1. The van der Waals surface area contributed by atoms with E-state index in [-0.39, 0.29) is 35.6 Å². The van der Waals surface area contributed by atoms with Crippen molar-refractivity contribution in [3.63, 3.8) is 0 Å². The summed E-state index contributed by atoms with van der Waals surface area (Å²) in [5.74, 6) is -0.835. The highest BCUT2D eigenvalue weighted by Crippen LogP contribution is 2.34. The molecule has 0 N–H and O–H groups in total. The summed E-state index contributed by atoms with van der Waals surface area (Å²) in [6.07, 6.45) is 1.67. The molecule has 1 aromatic rings. The smallest absolute Gasteiger partial charge is 0.410 e. The topological polar surface area (TPSA) is 68.7 Å². The van der Waals surface area contributed by atoms with E-state index in [1.54, 1.807) is 4.90 Å². The van der Waals surface area contributed by atoms with Crippen LogP contribution >= 0.6 is 0 Å². The molecule has 0 aromatic carbocycles. The first kappa shape index (κ1) is 17.8. The Morgan fingerprint density at radius 1 is 1.24 bits per heavy atom. The predicted octanol–water partition coefficient (Wildman–Crippen LogP) is 2.82. The Morgan fingerprint density at radius 2 is 1.88 bits per heavy atom. The summed E-state index contributed by atoms with van der Waals surface area (Å²) in [4.78, 5) is 30.8. The molecule has 3 rings (SSSR count). The molecular weight excluding hydrogens is 327 g/mol. The maximum Gasteiger partial charge on any atom is 0.410 e. The standard InChI is InChI=1S/C18H23FN2O4/c1-18(2,3)25-17(23)21-13-6-11(7-14(21)10-24-9-13)16(22)15-5-4-12(19)8-20-15/h4-5,8,11,13-14H,6-7,9-10H2,1-3H3. The third-order valence-corrected chi connectivity index (χ3v) is 4.48. The fourth-order valence-corrected chi connectivity index (χ4v) is 3.47. The number of pyridine rings is 1. The fourth-order valence-electron chi connectivity index (χ4n) is 3.47. The molecule has 2 unspecified atom stereocenters. The average Bonchev–Trinajstić information content (AvgIpc) is 2.52. The van der Waals surface area contributed by atoms with Crippen LogP contribution in [-0.4, -0.2) is 52.7 Å². The van der Waals surface area contributed by atoms with Crippen molar-refractivity contribution in [1.82, 2.24) is 9.88 Å². The van der Waals surface area contributed by atoms with Crippen LogP contribution in [0.25, 0.3) is 0 Å². The minimum absolute atomic E-state index is 0.110. The number of amides is 1. The van der Waals surface area contributed by atoms with Crippen LogP contribution in [0.1, 0.15) is 44.1 Å². The van der Waals surface area contributed by atoms with Crippen molar-refractivity contribution in [3.8, 4) is 0 Å². The lowest BCUT2D eigenvalue weighted by molar-refractivity contribution is -0.0861. The number of piperidine rings is 1. The van der Waals surface area contributed by atoms with Crippen molar-refractivity contribution in [2.45, 2.75) is 51.3 Å². The zero-order valence-electron chi connectivity index (χ0n) is 14.7. The second-order valence-corrected chi connectivity index (χ2v) is 7.63. The molecule has 2 bridgehead atoms. The number of hydrogen-bond donors (Lipinski definition) is 0. The van der Waals surface area contributed by atoms with E-state index in [9.17, 15) is 14.0 Å². The molecule has 0 radical (unpaired) electrons. The van der Waals surface area contributed by atoms with Gasteiger partial charge < -0.3 is 9.47 Å². The molecule has 2 atom stereocenters. The summed E-state index contributed by atoms with van der Waals surface area (Å²) in [5, 5.41) is 0. The highest BCUT2D eigenvalue weighted by Gasteiger charge is 2.45. The minimum Gasteiger partial charge on any atom is -0.444 e. The highest BCUT2D eigenvalue weighted by molar-refractivity contribution is 5.96. The molecule has 6 nitrogen and oxygen atoms in total. The van der Waals surface area contributed by atoms with Gasteiger partial charge in [0.15, 0.2) is 5.78 Å². The van der Waals surface area contributed by atoms with E-state index in [0.29, 0.717) is 26.1 Å². The van der Waals surface area contributed by atoms with Crippen LogP contribution in [0.15, 0.2) is 18.3 Å². The number of ketones is 1. The number of nitrogens with zero attached hydrogens (tertiary/aromatic N) is 2. The molecule has 2 fully saturated rings. The number of hydrogen-bond acceptors (Lipinski definition) is 5. The van der Waals surface area contributed by atoms with Crippen molar-refractivity contribution in [1.29, 1.82) is 0 Å². The minimum atomic E-state index is -0.572. The largest absolute Gasteiger partial charge is 0.444 e. The lowest BCUT2D eigenvalue weighted by atomic mass is 9.82. The predicted molar refractivity (Wildman–Crippen MR) is 87.7 cm³/mol. The van der Waals surface area contributed by atoms with Crippen molar-refractivity contribution in [3.05, 3.63) is 29.8 Å². The summed E-state index contributed by atoms with van der Waals surface area (Å²) < 4.78 is 24.1. The number of Topliss-reactive ketones (excluding diaryl/α,β-unsaturated/α-hetero) is 1. The number of halogens is 1. The van der Waals surface area contributed by atoms with Gasteiger partial charge >= 0.3 is 6.09 Å². The van der Waals surface area contributed by atoms with Crippen LogP contribution in [0.5, 0.6) is 0 Å². The average molecular weight is 350 g/mol. The number of aromatic nitrogens is 1. The monoisotopic (exact) mass is 350 g/mol. The summed E-state index contributed by atoms with van der Waals surface area (Å²) in [6.45, 7) is 6.25. The Morgan fingerprint density at radius 3 is 2.40 bits per heavy atom. The van der Waals surface area contributed by atoms with Crippen molar-refractivity contribution >= 4 is 11.9 Å². The maximum atomic E-state index is 13.0. The molecule has 0 aliphatic carbocycles. The van der Waals surface area contributed by atoms with E-state index in [2.05, 4.69) is 4.98 Å². The number of rotatable bonds is 2. The fraction of sp³-hybridized carbons (Fsp3) is 0.611. The number of ether oxygens (including phenoxy) is 2. The van der Waals surface area contributed by atoms with Crippen LogP contribution in [-0.2, 0) is 9.47 Å². The van der Waals surface area contributed by atoms with Crippen LogP contribution in [0, 0.1) is 11.7 Å². The molecule has 2 aliphatic heterocycles. The normalized spacial score (nSPS) is 26.2. The molecular formula is C18H23FN2O4. The van der Waals surface area contributed by atoms with E-state index < -0.39 is 11.4 Å². The van der Waals surface area contributed by atoms with Gasteiger partial charge in [-0.2, -0.15) is 0 Å². The van der Waals surface area contributed by atoms with Crippen molar-refractivity contribution in [2.24, 2.45) is 5.92 Å².